The van der Waals surface area contributed by atoms with Crippen LogP contribution in [0, 0.1) is 0 Å². The Morgan fingerprint density at radius 3 is 2.32 bits per heavy atom. The Hall–Kier alpha value is -1.53. The molecule has 0 aliphatic heterocycles. The van der Waals surface area contributed by atoms with Crippen molar-refractivity contribution in [2.45, 2.75) is 45.7 Å². The van der Waals surface area contributed by atoms with Crippen LogP contribution in [-0.2, 0) is 14.3 Å². The maximum Gasteiger partial charge on any atom is 0.414 e. The first-order chi connectivity index (χ1) is 8.88. The zero-order valence-electron chi connectivity index (χ0n) is 11.0. The number of hydrogen-bond acceptors (Lipinski definition) is 3. The second-order valence-corrected chi connectivity index (χ2v) is 3.79. The van der Waals surface area contributed by atoms with Gasteiger partial charge < -0.3 is 10.1 Å². The van der Waals surface area contributed by atoms with E-state index in [9.17, 15) is 22.8 Å². The van der Waals surface area contributed by atoms with E-state index < -0.39 is 23.4 Å². The molecule has 4 nitrogen and oxygen atoms in total. The predicted octanol–water partition coefficient (Wildman–Crippen LogP) is 2.69. The molecule has 1 amide bonds. The lowest BCUT2D eigenvalue weighted by Gasteiger charge is -2.16. The number of ether oxygens (including phenoxy) is 1. The van der Waals surface area contributed by atoms with E-state index in [0.29, 0.717) is 6.42 Å². The molecule has 0 aromatic carbocycles. The molecule has 0 aromatic heterocycles. The SMILES string of the molecule is CCCCC/C(=C(/NC=O)C(=O)OCC)C(F)(F)F. The second-order valence-electron chi connectivity index (χ2n) is 3.79. The average molecular weight is 281 g/mol. The lowest BCUT2D eigenvalue weighted by Crippen LogP contribution is -2.28. The zero-order chi connectivity index (χ0) is 14.9. The van der Waals surface area contributed by atoms with Gasteiger partial charge in [-0.3, -0.25) is 4.79 Å². The first-order valence-corrected chi connectivity index (χ1v) is 6.06. The molecule has 0 fully saturated rings. The fraction of sp³-hybridized carbons (Fsp3) is 0.667. The number of nitrogens with one attached hydrogen (secondary N) is 1. The van der Waals surface area contributed by atoms with Crippen LogP contribution in [0.25, 0.3) is 0 Å². The van der Waals surface area contributed by atoms with Crippen molar-refractivity contribution in [3.05, 3.63) is 11.3 Å². The molecule has 0 saturated carbocycles. The first-order valence-electron chi connectivity index (χ1n) is 6.06. The monoisotopic (exact) mass is 281 g/mol. The van der Waals surface area contributed by atoms with Crippen LogP contribution >= 0.6 is 0 Å². The average Bonchev–Trinajstić information content (AvgIpc) is 2.31. The summed E-state index contributed by atoms with van der Waals surface area (Å²) in [6.07, 6.45) is -3.32. The summed E-state index contributed by atoms with van der Waals surface area (Å²) in [5, 5.41) is 1.81. The van der Waals surface area contributed by atoms with E-state index in [1.165, 1.54) is 6.92 Å². The molecule has 0 aromatic rings. The molecule has 0 unspecified atom stereocenters. The number of carbonyl (C=O) groups is 2. The van der Waals surface area contributed by atoms with Crippen molar-refractivity contribution >= 4 is 12.4 Å². The minimum atomic E-state index is -4.67. The molecular weight excluding hydrogens is 263 g/mol. The maximum absolute atomic E-state index is 12.9. The summed E-state index contributed by atoms with van der Waals surface area (Å²) < 4.78 is 43.2. The lowest BCUT2D eigenvalue weighted by molar-refractivity contribution is -0.141. The number of carbonyl (C=O) groups excluding carboxylic acids is 2. The Bertz CT molecular complexity index is 338. The standard InChI is InChI=1S/C12H18F3NO3/c1-3-5-6-7-9(12(13,14)15)10(16-8-17)11(18)19-4-2/h8H,3-7H2,1-2H3,(H,16,17)/b10-9-. The van der Waals surface area contributed by atoms with E-state index in [1.807, 2.05) is 6.92 Å². The molecule has 0 heterocycles. The van der Waals surface area contributed by atoms with Crippen LogP contribution in [0.4, 0.5) is 13.2 Å². The molecule has 0 rings (SSSR count). The molecule has 0 aliphatic carbocycles. The van der Waals surface area contributed by atoms with Crippen molar-refractivity contribution in [3.63, 3.8) is 0 Å². The van der Waals surface area contributed by atoms with Gasteiger partial charge >= 0.3 is 12.1 Å². The summed E-state index contributed by atoms with van der Waals surface area (Å²) in [5.74, 6) is -1.17. The normalized spacial score (nSPS) is 12.7. The van der Waals surface area contributed by atoms with Gasteiger partial charge in [-0.25, -0.2) is 4.79 Å². The topological polar surface area (TPSA) is 55.4 Å². The minimum absolute atomic E-state index is 0.0395. The van der Waals surface area contributed by atoms with Crippen LogP contribution in [-0.4, -0.2) is 25.2 Å². The van der Waals surface area contributed by atoms with Crippen LogP contribution < -0.4 is 5.32 Å². The summed E-state index contributed by atoms with van der Waals surface area (Å²) >= 11 is 0. The van der Waals surface area contributed by atoms with Crippen molar-refractivity contribution in [2.75, 3.05) is 6.61 Å². The fourth-order valence-corrected chi connectivity index (χ4v) is 1.49. The van der Waals surface area contributed by atoms with E-state index in [1.54, 1.807) is 5.32 Å². The van der Waals surface area contributed by atoms with Gasteiger partial charge in [0.05, 0.1) is 12.2 Å². The summed E-state index contributed by atoms with van der Waals surface area (Å²) in [6.45, 7) is 3.26. The van der Waals surface area contributed by atoms with Gasteiger partial charge in [0, 0.05) is 0 Å². The van der Waals surface area contributed by atoms with Gasteiger partial charge in [-0.1, -0.05) is 19.8 Å². The first kappa shape index (κ1) is 17.5. The van der Waals surface area contributed by atoms with Crippen molar-refractivity contribution in [1.82, 2.24) is 5.32 Å². The number of rotatable bonds is 8. The number of amides is 1. The quantitative estimate of drug-likeness (QED) is 0.322. The Labute approximate surface area is 110 Å². The minimum Gasteiger partial charge on any atom is -0.461 e. The zero-order valence-corrected chi connectivity index (χ0v) is 11.0. The van der Waals surface area contributed by atoms with Crippen LogP contribution in [0.1, 0.15) is 39.5 Å². The smallest absolute Gasteiger partial charge is 0.414 e. The third kappa shape index (κ3) is 6.26. The number of esters is 1. The summed E-state index contributed by atoms with van der Waals surface area (Å²) in [5.41, 5.74) is -1.87. The van der Waals surface area contributed by atoms with Gasteiger partial charge in [0.2, 0.25) is 6.41 Å². The number of allylic oxidation sites excluding steroid dienone is 1. The Morgan fingerprint density at radius 2 is 1.89 bits per heavy atom. The van der Waals surface area contributed by atoms with Crippen molar-refractivity contribution in [3.8, 4) is 0 Å². The third-order valence-corrected chi connectivity index (χ3v) is 2.36. The fourth-order valence-electron chi connectivity index (χ4n) is 1.49. The molecule has 0 radical (unpaired) electrons. The summed E-state index contributed by atoms with van der Waals surface area (Å²) in [4.78, 5) is 21.8. The van der Waals surface area contributed by atoms with Gasteiger partial charge in [0.15, 0.2) is 0 Å². The van der Waals surface area contributed by atoms with Crippen LogP contribution in [0.5, 0.6) is 0 Å². The summed E-state index contributed by atoms with van der Waals surface area (Å²) in [6, 6.07) is 0. The van der Waals surface area contributed by atoms with E-state index in [0.717, 1.165) is 6.42 Å². The van der Waals surface area contributed by atoms with Crippen molar-refractivity contribution < 1.29 is 27.5 Å². The molecule has 0 bridgehead atoms. The van der Waals surface area contributed by atoms with E-state index >= 15 is 0 Å². The molecule has 0 atom stereocenters. The number of hydrogen-bond donors (Lipinski definition) is 1. The Balaban J connectivity index is 5.31. The van der Waals surface area contributed by atoms with Gasteiger partial charge in [-0.15, -0.1) is 0 Å². The Kier molecular flexibility index (Phi) is 7.86. The van der Waals surface area contributed by atoms with E-state index in [-0.39, 0.29) is 25.9 Å². The molecule has 0 aliphatic rings. The molecule has 7 heteroatoms. The van der Waals surface area contributed by atoms with Gasteiger partial charge in [-0.05, 0) is 19.8 Å². The highest BCUT2D eigenvalue weighted by Gasteiger charge is 2.38. The lowest BCUT2D eigenvalue weighted by atomic mass is 10.0. The van der Waals surface area contributed by atoms with Crippen molar-refractivity contribution in [2.24, 2.45) is 0 Å². The van der Waals surface area contributed by atoms with Crippen LogP contribution in [0.3, 0.4) is 0 Å². The molecule has 19 heavy (non-hydrogen) atoms. The number of unbranched alkanes of at least 4 members (excludes halogenated alkanes) is 2. The van der Waals surface area contributed by atoms with E-state index in [4.69, 9.17) is 0 Å². The van der Waals surface area contributed by atoms with Gasteiger partial charge in [-0.2, -0.15) is 13.2 Å². The highest BCUT2D eigenvalue weighted by molar-refractivity contribution is 5.91. The number of alkyl halides is 3. The highest BCUT2D eigenvalue weighted by atomic mass is 19.4. The molecule has 0 saturated heterocycles. The number of halogens is 3. The van der Waals surface area contributed by atoms with Gasteiger partial charge in [0.25, 0.3) is 0 Å². The largest absolute Gasteiger partial charge is 0.461 e. The predicted molar refractivity (Wildman–Crippen MR) is 63.1 cm³/mol. The maximum atomic E-state index is 12.9. The molecule has 0 spiro atoms. The van der Waals surface area contributed by atoms with Crippen LogP contribution in [0.15, 0.2) is 11.3 Å². The second kappa shape index (κ2) is 8.55. The van der Waals surface area contributed by atoms with E-state index in [2.05, 4.69) is 4.74 Å². The van der Waals surface area contributed by atoms with Gasteiger partial charge in [0.1, 0.15) is 5.70 Å². The van der Waals surface area contributed by atoms with Crippen molar-refractivity contribution in [1.29, 1.82) is 0 Å². The third-order valence-electron chi connectivity index (χ3n) is 2.36. The van der Waals surface area contributed by atoms with Crippen LogP contribution in [0.2, 0.25) is 0 Å². The molecule has 1 N–H and O–H groups in total. The Morgan fingerprint density at radius 1 is 1.26 bits per heavy atom. The summed E-state index contributed by atoms with van der Waals surface area (Å²) in [7, 11) is 0. The highest BCUT2D eigenvalue weighted by Crippen LogP contribution is 2.32. The molecular formula is C12H18F3NO3. The molecule has 110 valence electrons.